The van der Waals surface area contributed by atoms with E-state index < -0.39 is 0 Å². The van der Waals surface area contributed by atoms with Crippen molar-refractivity contribution in [2.24, 2.45) is 5.92 Å². The van der Waals surface area contributed by atoms with Gasteiger partial charge in [0.1, 0.15) is 6.61 Å². The third-order valence-electron chi connectivity index (χ3n) is 2.03. The first kappa shape index (κ1) is 12.5. The molecule has 2 heteroatoms. The normalized spacial score (nSPS) is 10.9. The highest BCUT2D eigenvalue weighted by Crippen LogP contribution is 2.03. The van der Waals surface area contributed by atoms with Crippen LogP contribution in [0.2, 0.25) is 0 Å². The zero-order chi connectivity index (χ0) is 11.8. The SMILES string of the molecule is CC(C)CC(=O)OC/C=C\c1ccccc1. The third-order valence-corrected chi connectivity index (χ3v) is 2.03. The third kappa shape index (κ3) is 5.35. The minimum Gasteiger partial charge on any atom is -0.461 e. The van der Waals surface area contributed by atoms with Crippen molar-refractivity contribution >= 4 is 12.0 Å². The minimum atomic E-state index is -0.132. The van der Waals surface area contributed by atoms with E-state index in [-0.39, 0.29) is 5.97 Å². The number of carbonyl (C=O) groups is 1. The van der Waals surface area contributed by atoms with Gasteiger partial charge in [-0.25, -0.2) is 0 Å². The maximum absolute atomic E-state index is 11.2. The van der Waals surface area contributed by atoms with E-state index in [1.54, 1.807) is 0 Å². The lowest BCUT2D eigenvalue weighted by atomic mass is 10.1. The van der Waals surface area contributed by atoms with Gasteiger partial charge in [-0.05, 0) is 17.6 Å². The summed E-state index contributed by atoms with van der Waals surface area (Å²) >= 11 is 0. The Balaban J connectivity index is 2.25. The van der Waals surface area contributed by atoms with Gasteiger partial charge in [-0.15, -0.1) is 0 Å². The van der Waals surface area contributed by atoms with Crippen molar-refractivity contribution in [2.45, 2.75) is 20.3 Å². The number of benzene rings is 1. The second kappa shape index (κ2) is 6.83. The predicted octanol–water partition coefficient (Wildman–Crippen LogP) is 3.29. The van der Waals surface area contributed by atoms with E-state index >= 15 is 0 Å². The topological polar surface area (TPSA) is 26.3 Å². The molecule has 0 saturated carbocycles. The molecule has 0 atom stereocenters. The van der Waals surface area contributed by atoms with Crippen molar-refractivity contribution < 1.29 is 9.53 Å². The van der Waals surface area contributed by atoms with E-state index in [0.717, 1.165) is 5.56 Å². The molecule has 2 nitrogen and oxygen atoms in total. The molecule has 0 spiro atoms. The maximum atomic E-state index is 11.2. The molecule has 0 heterocycles. The Kier molecular flexibility index (Phi) is 5.34. The Morgan fingerprint density at radius 3 is 2.62 bits per heavy atom. The van der Waals surface area contributed by atoms with Gasteiger partial charge in [0.25, 0.3) is 0 Å². The lowest BCUT2D eigenvalue weighted by Gasteiger charge is -2.03. The molecule has 0 saturated heterocycles. The molecule has 16 heavy (non-hydrogen) atoms. The van der Waals surface area contributed by atoms with E-state index in [2.05, 4.69) is 0 Å². The van der Waals surface area contributed by atoms with Gasteiger partial charge in [0.2, 0.25) is 0 Å². The summed E-state index contributed by atoms with van der Waals surface area (Å²) in [7, 11) is 0. The molecule has 1 aromatic carbocycles. The summed E-state index contributed by atoms with van der Waals surface area (Å²) in [6, 6.07) is 9.94. The van der Waals surface area contributed by atoms with Crippen molar-refractivity contribution in [3.05, 3.63) is 42.0 Å². The largest absolute Gasteiger partial charge is 0.461 e. The summed E-state index contributed by atoms with van der Waals surface area (Å²) in [5.74, 6) is 0.221. The molecular formula is C14H18O2. The first-order valence-electron chi connectivity index (χ1n) is 5.55. The Labute approximate surface area is 96.9 Å². The Bertz CT molecular complexity index is 339. The number of carbonyl (C=O) groups excluding carboxylic acids is 1. The van der Waals surface area contributed by atoms with Crippen molar-refractivity contribution in [3.8, 4) is 0 Å². The van der Waals surface area contributed by atoms with E-state index in [1.807, 2.05) is 56.3 Å². The van der Waals surface area contributed by atoms with Crippen LogP contribution in [0.4, 0.5) is 0 Å². The highest BCUT2D eigenvalue weighted by Gasteiger charge is 2.03. The molecule has 0 aliphatic heterocycles. The molecule has 0 amide bonds. The molecule has 0 fully saturated rings. The molecule has 0 aromatic heterocycles. The maximum Gasteiger partial charge on any atom is 0.306 e. The van der Waals surface area contributed by atoms with Gasteiger partial charge in [0.15, 0.2) is 0 Å². The van der Waals surface area contributed by atoms with Gasteiger partial charge in [-0.3, -0.25) is 4.79 Å². The van der Waals surface area contributed by atoms with Crippen LogP contribution in [0, 0.1) is 5.92 Å². The van der Waals surface area contributed by atoms with Gasteiger partial charge >= 0.3 is 5.97 Å². The fourth-order valence-electron chi connectivity index (χ4n) is 1.28. The summed E-state index contributed by atoms with van der Waals surface area (Å²) < 4.78 is 5.05. The van der Waals surface area contributed by atoms with E-state index in [4.69, 9.17) is 4.74 Å². The van der Waals surface area contributed by atoms with Crippen LogP contribution in [0.3, 0.4) is 0 Å². The standard InChI is InChI=1S/C14H18O2/c1-12(2)11-14(15)16-10-6-9-13-7-4-3-5-8-13/h3-9,12H,10-11H2,1-2H3/b9-6-. The summed E-state index contributed by atoms with van der Waals surface area (Å²) in [6.07, 6.45) is 4.29. The van der Waals surface area contributed by atoms with Crippen LogP contribution in [0.25, 0.3) is 6.08 Å². The Morgan fingerprint density at radius 2 is 2.00 bits per heavy atom. The van der Waals surface area contributed by atoms with Gasteiger partial charge in [-0.2, -0.15) is 0 Å². The zero-order valence-electron chi connectivity index (χ0n) is 9.85. The number of esters is 1. The summed E-state index contributed by atoms with van der Waals surface area (Å²) in [4.78, 5) is 11.2. The lowest BCUT2D eigenvalue weighted by Crippen LogP contribution is -2.07. The van der Waals surface area contributed by atoms with E-state index in [0.29, 0.717) is 18.9 Å². The van der Waals surface area contributed by atoms with Crippen molar-refractivity contribution in [3.63, 3.8) is 0 Å². The fraction of sp³-hybridized carbons (Fsp3) is 0.357. The Morgan fingerprint density at radius 1 is 1.31 bits per heavy atom. The molecule has 1 rings (SSSR count). The number of ether oxygens (including phenoxy) is 1. The minimum absolute atomic E-state index is 0.132. The zero-order valence-corrected chi connectivity index (χ0v) is 9.85. The second-order valence-corrected chi connectivity index (χ2v) is 4.09. The molecule has 1 aromatic rings. The molecule has 0 N–H and O–H groups in total. The summed E-state index contributed by atoms with van der Waals surface area (Å²) in [5, 5.41) is 0. The van der Waals surface area contributed by atoms with Crippen molar-refractivity contribution in [2.75, 3.05) is 6.61 Å². The van der Waals surface area contributed by atoms with Crippen LogP contribution >= 0.6 is 0 Å². The second-order valence-electron chi connectivity index (χ2n) is 4.09. The summed E-state index contributed by atoms with van der Waals surface area (Å²) in [5.41, 5.74) is 1.11. The number of hydrogen-bond acceptors (Lipinski definition) is 2. The highest BCUT2D eigenvalue weighted by molar-refractivity contribution is 5.69. The molecule has 0 aliphatic carbocycles. The lowest BCUT2D eigenvalue weighted by molar-refractivity contribution is -0.143. The quantitative estimate of drug-likeness (QED) is 0.709. The van der Waals surface area contributed by atoms with Gasteiger partial charge < -0.3 is 4.74 Å². The smallest absolute Gasteiger partial charge is 0.306 e. The van der Waals surface area contributed by atoms with Crippen LogP contribution in [0.5, 0.6) is 0 Å². The number of rotatable bonds is 5. The molecular weight excluding hydrogens is 200 g/mol. The van der Waals surface area contributed by atoms with E-state index in [1.165, 1.54) is 0 Å². The summed E-state index contributed by atoms with van der Waals surface area (Å²) in [6.45, 7) is 4.35. The average molecular weight is 218 g/mol. The van der Waals surface area contributed by atoms with Crippen LogP contribution in [0.1, 0.15) is 25.8 Å². The van der Waals surface area contributed by atoms with Gasteiger partial charge in [0.05, 0.1) is 0 Å². The molecule has 0 aliphatic rings. The molecule has 0 unspecified atom stereocenters. The predicted molar refractivity (Wildman–Crippen MR) is 65.9 cm³/mol. The van der Waals surface area contributed by atoms with Gasteiger partial charge in [0, 0.05) is 6.42 Å². The molecule has 0 bridgehead atoms. The van der Waals surface area contributed by atoms with Crippen LogP contribution in [0.15, 0.2) is 36.4 Å². The monoisotopic (exact) mass is 218 g/mol. The van der Waals surface area contributed by atoms with Crippen LogP contribution < -0.4 is 0 Å². The van der Waals surface area contributed by atoms with Crippen molar-refractivity contribution in [1.82, 2.24) is 0 Å². The molecule has 0 radical (unpaired) electrons. The first-order chi connectivity index (χ1) is 7.68. The van der Waals surface area contributed by atoms with E-state index in [9.17, 15) is 4.79 Å². The average Bonchev–Trinajstić information content (AvgIpc) is 2.25. The van der Waals surface area contributed by atoms with Gasteiger partial charge in [-0.1, -0.05) is 50.3 Å². The highest BCUT2D eigenvalue weighted by atomic mass is 16.5. The van der Waals surface area contributed by atoms with Crippen LogP contribution in [-0.4, -0.2) is 12.6 Å². The Hall–Kier alpha value is -1.57. The van der Waals surface area contributed by atoms with Crippen molar-refractivity contribution in [1.29, 1.82) is 0 Å². The fourth-order valence-corrected chi connectivity index (χ4v) is 1.28. The first-order valence-corrected chi connectivity index (χ1v) is 5.55. The molecule has 86 valence electrons. The number of hydrogen-bond donors (Lipinski definition) is 0. The van der Waals surface area contributed by atoms with Crippen LogP contribution in [-0.2, 0) is 9.53 Å².